The molecule has 0 amide bonds. The Kier molecular flexibility index (Phi) is 2.47. The zero-order valence-electron chi connectivity index (χ0n) is 9.57. The van der Waals surface area contributed by atoms with E-state index in [0.717, 1.165) is 12.1 Å². The van der Waals surface area contributed by atoms with Crippen molar-refractivity contribution in [3.63, 3.8) is 0 Å². The molecule has 1 aromatic carbocycles. The number of benzene rings is 1. The van der Waals surface area contributed by atoms with Crippen molar-refractivity contribution in [1.82, 2.24) is 0 Å². The molecular formula is C13H13F3O2. The fourth-order valence-corrected chi connectivity index (χ4v) is 2.95. The minimum absolute atomic E-state index is 0.133. The number of alkyl halides is 3. The molecule has 2 nitrogen and oxygen atoms in total. The number of aliphatic hydroxyl groups is 1. The molecule has 2 bridgehead atoms. The summed E-state index contributed by atoms with van der Waals surface area (Å²) in [6.07, 6.45) is -2.81. The molecule has 0 aromatic heterocycles. The number of ether oxygens (including phenoxy) is 1. The molecule has 1 N–H and O–H groups in total. The summed E-state index contributed by atoms with van der Waals surface area (Å²) in [5.74, 6) is -1.25. The van der Waals surface area contributed by atoms with Gasteiger partial charge in [-0.05, 0) is 18.1 Å². The quantitative estimate of drug-likeness (QED) is 0.838. The third kappa shape index (κ3) is 1.91. The average molecular weight is 258 g/mol. The average Bonchev–Trinajstić information content (AvgIpc) is 2.83. The van der Waals surface area contributed by atoms with E-state index in [1.165, 1.54) is 6.07 Å². The summed E-state index contributed by atoms with van der Waals surface area (Å²) in [7, 11) is 0. The maximum atomic E-state index is 12.6. The minimum atomic E-state index is -4.33. The van der Waals surface area contributed by atoms with Gasteiger partial charge in [0, 0.05) is 18.8 Å². The van der Waals surface area contributed by atoms with Gasteiger partial charge in [-0.15, -0.1) is 0 Å². The Labute approximate surface area is 102 Å². The van der Waals surface area contributed by atoms with Crippen LogP contribution in [0.1, 0.15) is 36.3 Å². The SMILES string of the molecule is OC12CCC(O1)C(c1cccc(C(F)(F)F)c1)C2. The number of fused-ring (bicyclic) bond motifs is 2. The first-order chi connectivity index (χ1) is 8.37. The van der Waals surface area contributed by atoms with Gasteiger partial charge in [-0.3, -0.25) is 0 Å². The molecule has 5 heteroatoms. The summed E-state index contributed by atoms with van der Waals surface area (Å²) in [5, 5.41) is 9.96. The maximum Gasteiger partial charge on any atom is 0.416 e. The van der Waals surface area contributed by atoms with Crippen LogP contribution in [0.4, 0.5) is 13.2 Å². The number of hydrogen-bond donors (Lipinski definition) is 1. The fraction of sp³-hybridized carbons (Fsp3) is 0.538. The first-order valence-electron chi connectivity index (χ1n) is 5.95. The third-order valence-corrected chi connectivity index (χ3v) is 3.82. The molecule has 18 heavy (non-hydrogen) atoms. The Morgan fingerprint density at radius 2 is 2.11 bits per heavy atom. The molecule has 1 aromatic rings. The van der Waals surface area contributed by atoms with E-state index in [4.69, 9.17) is 4.74 Å². The Balaban J connectivity index is 1.90. The Hall–Kier alpha value is -1.07. The van der Waals surface area contributed by atoms with E-state index in [0.29, 0.717) is 24.8 Å². The number of hydrogen-bond acceptors (Lipinski definition) is 2. The van der Waals surface area contributed by atoms with Crippen LogP contribution in [-0.2, 0) is 10.9 Å². The second-order valence-electron chi connectivity index (χ2n) is 5.08. The first kappa shape index (κ1) is 12.0. The van der Waals surface area contributed by atoms with Crippen LogP contribution in [0.3, 0.4) is 0 Å². The molecular weight excluding hydrogens is 245 g/mol. The van der Waals surface area contributed by atoms with Crippen LogP contribution in [0.2, 0.25) is 0 Å². The van der Waals surface area contributed by atoms with Crippen LogP contribution >= 0.6 is 0 Å². The van der Waals surface area contributed by atoms with E-state index in [2.05, 4.69) is 0 Å². The second kappa shape index (κ2) is 3.71. The van der Waals surface area contributed by atoms with Gasteiger partial charge in [0.15, 0.2) is 5.79 Å². The molecule has 3 atom stereocenters. The lowest BCUT2D eigenvalue weighted by Gasteiger charge is -2.22. The summed E-state index contributed by atoms with van der Waals surface area (Å²) in [6.45, 7) is 0. The van der Waals surface area contributed by atoms with Crippen LogP contribution in [-0.4, -0.2) is 17.0 Å². The highest BCUT2D eigenvalue weighted by Gasteiger charge is 2.51. The van der Waals surface area contributed by atoms with Crippen molar-refractivity contribution in [3.05, 3.63) is 35.4 Å². The molecule has 0 radical (unpaired) electrons. The summed E-state index contributed by atoms with van der Waals surface area (Å²) in [4.78, 5) is 0. The highest BCUT2D eigenvalue weighted by atomic mass is 19.4. The van der Waals surface area contributed by atoms with E-state index in [1.807, 2.05) is 0 Å². The van der Waals surface area contributed by atoms with Gasteiger partial charge < -0.3 is 9.84 Å². The second-order valence-corrected chi connectivity index (χ2v) is 5.08. The van der Waals surface area contributed by atoms with E-state index in [9.17, 15) is 18.3 Å². The molecule has 98 valence electrons. The van der Waals surface area contributed by atoms with Crippen LogP contribution < -0.4 is 0 Å². The van der Waals surface area contributed by atoms with Gasteiger partial charge in [0.05, 0.1) is 11.7 Å². The summed E-state index contributed by atoms with van der Waals surface area (Å²) >= 11 is 0. The molecule has 2 fully saturated rings. The largest absolute Gasteiger partial charge is 0.416 e. The molecule has 3 unspecified atom stereocenters. The molecule has 0 saturated carbocycles. The normalized spacial score (nSPS) is 35.1. The van der Waals surface area contributed by atoms with E-state index >= 15 is 0 Å². The van der Waals surface area contributed by atoms with Crippen molar-refractivity contribution in [1.29, 1.82) is 0 Å². The topological polar surface area (TPSA) is 29.5 Å². The Bertz CT molecular complexity index is 472. The first-order valence-corrected chi connectivity index (χ1v) is 5.95. The van der Waals surface area contributed by atoms with Crippen molar-refractivity contribution < 1.29 is 23.0 Å². The zero-order chi connectivity index (χ0) is 13.0. The van der Waals surface area contributed by atoms with Crippen LogP contribution in [0.15, 0.2) is 24.3 Å². The van der Waals surface area contributed by atoms with Crippen molar-refractivity contribution in [2.45, 2.75) is 43.2 Å². The molecule has 2 saturated heterocycles. The van der Waals surface area contributed by atoms with Gasteiger partial charge in [-0.1, -0.05) is 18.2 Å². The predicted molar refractivity (Wildman–Crippen MR) is 57.9 cm³/mol. The van der Waals surface area contributed by atoms with E-state index in [1.54, 1.807) is 6.07 Å². The lowest BCUT2D eigenvalue weighted by atomic mass is 9.82. The molecule has 2 heterocycles. The fourth-order valence-electron chi connectivity index (χ4n) is 2.95. The molecule has 2 aliphatic heterocycles. The standard InChI is InChI=1S/C13H13F3O2/c14-13(15,16)9-3-1-2-8(6-9)10-7-12(17)5-4-11(10)18-12/h1-3,6,10-11,17H,4-5,7H2. The molecule has 0 aliphatic carbocycles. The summed E-state index contributed by atoms with van der Waals surface area (Å²) in [5.41, 5.74) is -0.0415. The number of rotatable bonds is 1. The van der Waals surface area contributed by atoms with Gasteiger partial charge in [-0.2, -0.15) is 13.2 Å². The van der Waals surface area contributed by atoms with E-state index in [-0.39, 0.29) is 12.0 Å². The predicted octanol–water partition coefficient (Wildman–Crippen LogP) is 3.06. The maximum absolute atomic E-state index is 12.6. The molecule has 2 aliphatic rings. The van der Waals surface area contributed by atoms with Crippen LogP contribution in [0.5, 0.6) is 0 Å². The minimum Gasteiger partial charge on any atom is -0.365 e. The van der Waals surface area contributed by atoms with Crippen molar-refractivity contribution in [2.75, 3.05) is 0 Å². The third-order valence-electron chi connectivity index (χ3n) is 3.82. The van der Waals surface area contributed by atoms with Crippen LogP contribution in [0.25, 0.3) is 0 Å². The summed E-state index contributed by atoms with van der Waals surface area (Å²) < 4.78 is 43.3. The van der Waals surface area contributed by atoms with E-state index < -0.39 is 17.5 Å². The van der Waals surface area contributed by atoms with Gasteiger partial charge in [-0.25, -0.2) is 0 Å². The van der Waals surface area contributed by atoms with Crippen molar-refractivity contribution in [3.8, 4) is 0 Å². The smallest absolute Gasteiger partial charge is 0.365 e. The lowest BCUT2D eigenvalue weighted by Crippen LogP contribution is -2.24. The number of halogens is 3. The van der Waals surface area contributed by atoms with Crippen LogP contribution in [0, 0.1) is 0 Å². The van der Waals surface area contributed by atoms with Gasteiger partial charge in [0.1, 0.15) is 0 Å². The highest BCUT2D eigenvalue weighted by Crippen LogP contribution is 2.50. The summed E-state index contributed by atoms with van der Waals surface area (Å²) in [6, 6.07) is 5.31. The van der Waals surface area contributed by atoms with Crippen molar-refractivity contribution in [2.24, 2.45) is 0 Å². The molecule has 3 rings (SSSR count). The van der Waals surface area contributed by atoms with Gasteiger partial charge in [0.25, 0.3) is 0 Å². The monoisotopic (exact) mass is 258 g/mol. The van der Waals surface area contributed by atoms with Crippen molar-refractivity contribution >= 4 is 0 Å². The van der Waals surface area contributed by atoms with Gasteiger partial charge in [0.2, 0.25) is 0 Å². The highest BCUT2D eigenvalue weighted by molar-refractivity contribution is 5.30. The molecule has 0 spiro atoms. The van der Waals surface area contributed by atoms with Gasteiger partial charge >= 0.3 is 6.18 Å². The Morgan fingerprint density at radius 3 is 2.67 bits per heavy atom. The Morgan fingerprint density at radius 1 is 1.33 bits per heavy atom. The lowest BCUT2D eigenvalue weighted by molar-refractivity contribution is -0.156. The zero-order valence-corrected chi connectivity index (χ0v) is 9.57.